The Morgan fingerprint density at radius 3 is 2.92 bits per heavy atom. The molecule has 1 aliphatic carbocycles. The molecule has 5 heterocycles. The molecular weight excluding hydrogens is 460 g/mol. The Kier molecular flexibility index (Phi) is 5.86. The van der Waals surface area contributed by atoms with Crippen molar-refractivity contribution in [1.29, 1.82) is 0 Å². The van der Waals surface area contributed by atoms with Gasteiger partial charge in [-0.15, -0.1) is 5.10 Å². The fraction of sp³-hybridized carbons (Fsp3) is 0.400. The van der Waals surface area contributed by atoms with Gasteiger partial charge in [0.15, 0.2) is 11.5 Å². The van der Waals surface area contributed by atoms with Gasteiger partial charge in [-0.05, 0) is 31.0 Å². The van der Waals surface area contributed by atoms with Crippen molar-refractivity contribution in [1.82, 2.24) is 24.6 Å². The Labute approximate surface area is 207 Å². The van der Waals surface area contributed by atoms with Gasteiger partial charge in [0.25, 0.3) is 0 Å². The summed E-state index contributed by atoms with van der Waals surface area (Å²) >= 11 is 0. The summed E-state index contributed by atoms with van der Waals surface area (Å²) in [6, 6.07) is 5.89. The molecule has 36 heavy (non-hydrogen) atoms. The highest BCUT2D eigenvalue weighted by Gasteiger charge is 2.30. The Hall–Kier alpha value is -3.83. The summed E-state index contributed by atoms with van der Waals surface area (Å²) < 4.78 is 12.8. The second-order valence-electron chi connectivity index (χ2n) is 9.17. The number of methoxy groups -OCH3 is 1. The molecule has 1 amide bonds. The van der Waals surface area contributed by atoms with E-state index in [-0.39, 0.29) is 17.9 Å². The van der Waals surface area contributed by atoms with Crippen LogP contribution >= 0.6 is 0 Å². The summed E-state index contributed by atoms with van der Waals surface area (Å²) in [5.41, 5.74) is 2.55. The zero-order valence-corrected chi connectivity index (χ0v) is 20.3. The van der Waals surface area contributed by atoms with E-state index in [2.05, 4.69) is 31.6 Å². The number of amides is 1. The number of carbonyl (C=O) groups is 1. The fourth-order valence-electron chi connectivity index (χ4n) is 4.57. The minimum Gasteiger partial charge on any atom is -0.382 e. The summed E-state index contributed by atoms with van der Waals surface area (Å²) in [5.74, 6) is 1.87. The number of hydrogen-bond donors (Lipinski definition) is 2. The summed E-state index contributed by atoms with van der Waals surface area (Å²) in [7, 11) is 3.50. The van der Waals surface area contributed by atoms with E-state index >= 15 is 0 Å². The third kappa shape index (κ3) is 4.31. The average Bonchev–Trinajstić information content (AvgIpc) is 3.67. The second-order valence-corrected chi connectivity index (χ2v) is 9.17. The molecule has 11 heteroatoms. The van der Waals surface area contributed by atoms with Gasteiger partial charge in [-0.3, -0.25) is 4.79 Å². The van der Waals surface area contributed by atoms with Gasteiger partial charge in [0.1, 0.15) is 11.6 Å². The maximum atomic E-state index is 12.3. The van der Waals surface area contributed by atoms with E-state index in [4.69, 9.17) is 19.6 Å². The number of aromatic nitrogens is 5. The normalized spacial score (nSPS) is 18.1. The molecule has 6 rings (SSSR count). The molecule has 1 unspecified atom stereocenters. The van der Waals surface area contributed by atoms with E-state index in [0.717, 1.165) is 53.6 Å². The minimum atomic E-state index is 0.0144. The lowest BCUT2D eigenvalue weighted by Gasteiger charge is -2.34. The van der Waals surface area contributed by atoms with Gasteiger partial charge in [0.2, 0.25) is 5.91 Å². The van der Waals surface area contributed by atoms with Crippen LogP contribution in [0.2, 0.25) is 0 Å². The molecule has 2 N–H and O–H groups in total. The second kappa shape index (κ2) is 9.32. The van der Waals surface area contributed by atoms with Gasteiger partial charge in [-0.1, -0.05) is 0 Å². The van der Waals surface area contributed by atoms with Crippen LogP contribution in [0.15, 0.2) is 36.8 Å². The summed E-state index contributed by atoms with van der Waals surface area (Å²) in [4.78, 5) is 28.3. The highest BCUT2D eigenvalue weighted by molar-refractivity contribution is 6.03. The number of nitrogens with one attached hydrogen (secondary N) is 2. The van der Waals surface area contributed by atoms with Gasteiger partial charge < -0.3 is 25.0 Å². The Balaban J connectivity index is 1.36. The van der Waals surface area contributed by atoms with Crippen molar-refractivity contribution in [3.8, 4) is 11.4 Å². The van der Waals surface area contributed by atoms with Crippen molar-refractivity contribution in [2.75, 3.05) is 56.0 Å². The number of nitrogens with zero attached hydrogens (tertiary/aromatic N) is 6. The molecule has 2 aliphatic rings. The first-order valence-electron chi connectivity index (χ1n) is 12.1. The molecule has 186 valence electrons. The highest BCUT2D eigenvalue weighted by Crippen LogP contribution is 2.33. The van der Waals surface area contributed by atoms with Gasteiger partial charge in [0.05, 0.1) is 31.2 Å². The van der Waals surface area contributed by atoms with Crippen LogP contribution in [0, 0.1) is 5.92 Å². The summed E-state index contributed by atoms with van der Waals surface area (Å²) in [5, 5.41) is 12.5. The molecule has 11 nitrogen and oxygen atoms in total. The van der Waals surface area contributed by atoms with Crippen LogP contribution in [-0.4, -0.2) is 77.0 Å². The lowest BCUT2D eigenvalue weighted by molar-refractivity contribution is -0.117. The molecule has 1 saturated heterocycles. The number of carbonyl (C=O) groups excluding carboxylic acids is 1. The van der Waals surface area contributed by atoms with Crippen molar-refractivity contribution in [2.45, 2.75) is 18.9 Å². The molecule has 1 aliphatic heterocycles. The molecule has 1 atom stereocenters. The zero-order valence-electron chi connectivity index (χ0n) is 20.3. The molecule has 4 aromatic heterocycles. The van der Waals surface area contributed by atoms with Crippen LogP contribution in [0.4, 0.5) is 17.3 Å². The summed E-state index contributed by atoms with van der Waals surface area (Å²) in [6.45, 7) is 2.77. The molecule has 2 fully saturated rings. The molecule has 0 spiro atoms. The Bertz CT molecular complexity index is 1430. The predicted octanol–water partition coefficient (Wildman–Crippen LogP) is 2.58. The first kappa shape index (κ1) is 22.6. The Morgan fingerprint density at radius 2 is 2.11 bits per heavy atom. The largest absolute Gasteiger partial charge is 0.382 e. The SMILES string of the molecule is CNc1ncc(-c2nc3ccc(N4CCOC(COC)C4)cn3n2)c2cc(NC(=O)C3CC3)ncc12. The topological polar surface area (TPSA) is 119 Å². The number of rotatable bonds is 7. The maximum absolute atomic E-state index is 12.3. The van der Waals surface area contributed by atoms with E-state index in [0.29, 0.717) is 30.7 Å². The first-order chi connectivity index (χ1) is 17.6. The maximum Gasteiger partial charge on any atom is 0.228 e. The molecule has 0 bridgehead atoms. The van der Waals surface area contributed by atoms with Crippen molar-refractivity contribution in [3.63, 3.8) is 0 Å². The number of anilines is 3. The van der Waals surface area contributed by atoms with E-state index < -0.39 is 0 Å². The van der Waals surface area contributed by atoms with Gasteiger partial charge >= 0.3 is 0 Å². The van der Waals surface area contributed by atoms with E-state index in [9.17, 15) is 4.79 Å². The average molecular weight is 489 g/mol. The van der Waals surface area contributed by atoms with E-state index in [1.54, 1.807) is 24.0 Å². The molecular formula is C25H28N8O3. The third-order valence-corrected chi connectivity index (χ3v) is 6.62. The quantitative estimate of drug-likeness (QED) is 0.405. The molecule has 0 aromatic carbocycles. The zero-order chi connectivity index (χ0) is 24.6. The molecule has 1 saturated carbocycles. The first-order valence-corrected chi connectivity index (χ1v) is 12.1. The smallest absolute Gasteiger partial charge is 0.228 e. The Morgan fingerprint density at radius 1 is 1.22 bits per heavy atom. The van der Waals surface area contributed by atoms with E-state index in [1.807, 2.05) is 25.4 Å². The van der Waals surface area contributed by atoms with Crippen LogP contribution in [-0.2, 0) is 14.3 Å². The highest BCUT2D eigenvalue weighted by atomic mass is 16.5. The fourth-order valence-corrected chi connectivity index (χ4v) is 4.57. The van der Waals surface area contributed by atoms with Crippen molar-refractivity contribution >= 4 is 39.6 Å². The van der Waals surface area contributed by atoms with Crippen LogP contribution in [0.1, 0.15) is 12.8 Å². The number of ether oxygens (including phenoxy) is 2. The summed E-state index contributed by atoms with van der Waals surface area (Å²) in [6.07, 6.45) is 7.38. The van der Waals surface area contributed by atoms with Crippen molar-refractivity contribution in [3.05, 3.63) is 36.8 Å². The van der Waals surface area contributed by atoms with Crippen LogP contribution < -0.4 is 15.5 Å². The molecule has 0 radical (unpaired) electrons. The number of fused-ring (bicyclic) bond motifs is 2. The van der Waals surface area contributed by atoms with Gasteiger partial charge in [-0.2, -0.15) is 0 Å². The standard InChI is InChI=1S/C25H28N8O3/c1-26-23-19-10-27-21(29-25(34)15-3-4-15)9-18(19)20(11-28-23)24-30-22-6-5-16(12-33(22)31-24)32-7-8-36-17(13-32)14-35-2/h5-6,9-12,15,17H,3-4,7-8,13-14H2,1-2H3,(H,26,28)(H,27,29,34). The lowest BCUT2D eigenvalue weighted by atomic mass is 10.1. The van der Waals surface area contributed by atoms with Gasteiger partial charge in [-0.25, -0.2) is 19.5 Å². The van der Waals surface area contributed by atoms with Crippen molar-refractivity contribution in [2.24, 2.45) is 5.92 Å². The van der Waals surface area contributed by atoms with Crippen LogP contribution in [0.5, 0.6) is 0 Å². The van der Waals surface area contributed by atoms with Gasteiger partial charge in [0, 0.05) is 61.9 Å². The van der Waals surface area contributed by atoms with Crippen molar-refractivity contribution < 1.29 is 14.3 Å². The predicted molar refractivity (Wildman–Crippen MR) is 136 cm³/mol. The minimum absolute atomic E-state index is 0.0144. The number of morpholine rings is 1. The third-order valence-electron chi connectivity index (χ3n) is 6.62. The monoisotopic (exact) mass is 488 g/mol. The number of pyridine rings is 3. The molecule has 4 aromatic rings. The van der Waals surface area contributed by atoms with Crippen LogP contribution in [0.3, 0.4) is 0 Å². The lowest BCUT2D eigenvalue weighted by Crippen LogP contribution is -2.44. The van der Waals surface area contributed by atoms with Crippen LogP contribution in [0.25, 0.3) is 27.8 Å². The number of hydrogen-bond acceptors (Lipinski definition) is 9. The van der Waals surface area contributed by atoms with E-state index in [1.165, 1.54) is 0 Å².